The van der Waals surface area contributed by atoms with E-state index in [9.17, 15) is 8.42 Å². The molecule has 0 radical (unpaired) electrons. The van der Waals surface area contributed by atoms with E-state index in [1.54, 1.807) is 19.1 Å². The highest BCUT2D eigenvalue weighted by molar-refractivity contribution is 7.91. The predicted molar refractivity (Wildman–Crippen MR) is 78.3 cm³/mol. The first-order valence-electron chi connectivity index (χ1n) is 6.92. The maximum Gasteiger partial charge on any atom is 0.180 e. The largest absolute Gasteiger partial charge is 0.380 e. The summed E-state index contributed by atoms with van der Waals surface area (Å²) >= 11 is 0. The molecule has 0 spiro atoms. The van der Waals surface area contributed by atoms with Crippen LogP contribution >= 0.6 is 0 Å². The molecule has 4 nitrogen and oxygen atoms in total. The van der Waals surface area contributed by atoms with Crippen LogP contribution in [0, 0.1) is 0 Å². The summed E-state index contributed by atoms with van der Waals surface area (Å²) in [6, 6.07) is 7.49. The summed E-state index contributed by atoms with van der Waals surface area (Å²) in [5.41, 5.74) is 0.734. The SMILES string of the molecule is CCS(=O)(=O)c1ccccc1NC1CCCCNC1. The zero-order chi connectivity index (χ0) is 13.7. The lowest BCUT2D eigenvalue weighted by Crippen LogP contribution is -2.31. The molecular formula is C14H22N2O2S. The molecular weight excluding hydrogens is 260 g/mol. The van der Waals surface area contributed by atoms with E-state index in [1.807, 2.05) is 12.1 Å². The molecule has 1 aliphatic heterocycles. The zero-order valence-electron chi connectivity index (χ0n) is 11.4. The Bertz CT molecular complexity index is 506. The number of hydrogen-bond acceptors (Lipinski definition) is 4. The Morgan fingerprint density at radius 1 is 1.32 bits per heavy atom. The average molecular weight is 282 g/mol. The summed E-state index contributed by atoms with van der Waals surface area (Å²) in [7, 11) is -3.17. The number of para-hydroxylation sites is 1. The lowest BCUT2D eigenvalue weighted by atomic mass is 10.1. The van der Waals surface area contributed by atoms with Gasteiger partial charge in [0.1, 0.15) is 0 Å². The summed E-state index contributed by atoms with van der Waals surface area (Å²) in [6.07, 6.45) is 3.44. The van der Waals surface area contributed by atoms with E-state index in [4.69, 9.17) is 0 Å². The standard InChI is InChI=1S/C14H22N2O2S/c1-2-19(17,18)14-9-4-3-8-13(14)16-12-7-5-6-10-15-11-12/h3-4,8-9,12,15-16H,2,5-7,10-11H2,1H3. The zero-order valence-corrected chi connectivity index (χ0v) is 12.2. The van der Waals surface area contributed by atoms with Gasteiger partial charge >= 0.3 is 0 Å². The van der Waals surface area contributed by atoms with Crippen LogP contribution in [0.25, 0.3) is 0 Å². The first kappa shape index (κ1) is 14.3. The minimum absolute atomic E-state index is 0.134. The Balaban J connectivity index is 2.20. The summed E-state index contributed by atoms with van der Waals surface area (Å²) < 4.78 is 24.2. The quantitative estimate of drug-likeness (QED) is 0.887. The third-order valence-corrected chi connectivity index (χ3v) is 5.29. The normalized spacial score (nSPS) is 20.8. The summed E-state index contributed by atoms with van der Waals surface area (Å²) in [6.45, 7) is 3.62. The Labute approximate surface area is 115 Å². The van der Waals surface area contributed by atoms with E-state index in [1.165, 1.54) is 12.8 Å². The molecule has 5 heteroatoms. The van der Waals surface area contributed by atoms with Gasteiger partial charge in [0.25, 0.3) is 0 Å². The van der Waals surface area contributed by atoms with E-state index in [2.05, 4.69) is 10.6 Å². The summed E-state index contributed by atoms with van der Waals surface area (Å²) in [4.78, 5) is 0.418. The van der Waals surface area contributed by atoms with E-state index in [0.29, 0.717) is 10.9 Å². The maximum absolute atomic E-state index is 12.1. The van der Waals surface area contributed by atoms with Crippen LogP contribution in [0.2, 0.25) is 0 Å². The Kier molecular flexibility index (Phi) is 4.82. The average Bonchev–Trinajstić information content (AvgIpc) is 2.68. The van der Waals surface area contributed by atoms with E-state index in [-0.39, 0.29) is 5.75 Å². The van der Waals surface area contributed by atoms with Crippen LogP contribution in [0.5, 0.6) is 0 Å². The molecule has 0 amide bonds. The highest BCUT2D eigenvalue weighted by atomic mass is 32.2. The van der Waals surface area contributed by atoms with Crippen LogP contribution < -0.4 is 10.6 Å². The van der Waals surface area contributed by atoms with Crippen molar-refractivity contribution < 1.29 is 8.42 Å². The monoisotopic (exact) mass is 282 g/mol. The molecule has 1 saturated heterocycles. The first-order valence-corrected chi connectivity index (χ1v) is 8.58. The van der Waals surface area contributed by atoms with Crippen molar-refractivity contribution in [2.75, 3.05) is 24.2 Å². The van der Waals surface area contributed by atoms with Crippen LogP contribution in [-0.2, 0) is 9.84 Å². The van der Waals surface area contributed by atoms with Gasteiger partial charge in [0.2, 0.25) is 0 Å². The van der Waals surface area contributed by atoms with Crippen molar-refractivity contribution in [3.05, 3.63) is 24.3 Å². The third kappa shape index (κ3) is 3.70. The van der Waals surface area contributed by atoms with Gasteiger partial charge in [-0.3, -0.25) is 0 Å². The fraction of sp³-hybridized carbons (Fsp3) is 0.571. The van der Waals surface area contributed by atoms with E-state index in [0.717, 1.165) is 25.2 Å². The second-order valence-electron chi connectivity index (χ2n) is 4.94. The molecule has 0 bridgehead atoms. The number of hydrogen-bond donors (Lipinski definition) is 2. The number of rotatable bonds is 4. The molecule has 1 heterocycles. The molecule has 19 heavy (non-hydrogen) atoms. The minimum atomic E-state index is -3.17. The van der Waals surface area contributed by atoms with Gasteiger partial charge in [-0.2, -0.15) is 0 Å². The van der Waals surface area contributed by atoms with Gasteiger partial charge < -0.3 is 10.6 Å². The molecule has 2 N–H and O–H groups in total. The topological polar surface area (TPSA) is 58.2 Å². The third-order valence-electron chi connectivity index (χ3n) is 3.51. The van der Waals surface area contributed by atoms with E-state index >= 15 is 0 Å². The molecule has 0 aliphatic carbocycles. The fourth-order valence-electron chi connectivity index (χ4n) is 2.37. The van der Waals surface area contributed by atoms with Crippen LogP contribution in [0.15, 0.2) is 29.2 Å². The lowest BCUT2D eigenvalue weighted by molar-refractivity contribution is 0.596. The van der Waals surface area contributed by atoms with Crippen molar-refractivity contribution in [2.45, 2.75) is 37.1 Å². The Morgan fingerprint density at radius 3 is 2.89 bits per heavy atom. The van der Waals surface area contributed by atoms with Gasteiger partial charge in [-0.25, -0.2) is 8.42 Å². The molecule has 0 saturated carbocycles. The molecule has 1 atom stereocenters. The first-order chi connectivity index (χ1) is 9.13. The van der Waals surface area contributed by atoms with Gasteiger partial charge in [0.05, 0.1) is 16.3 Å². The van der Waals surface area contributed by atoms with Crippen molar-refractivity contribution in [1.82, 2.24) is 5.32 Å². The van der Waals surface area contributed by atoms with Crippen molar-refractivity contribution in [2.24, 2.45) is 0 Å². The number of sulfone groups is 1. The molecule has 1 fully saturated rings. The Morgan fingerprint density at radius 2 is 2.11 bits per heavy atom. The minimum Gasteiger partial charge on any atom is -0.380 e. The second-order valence-corrected chi connectivity index (χ2v) is 7.19. The van der Waals surface area contributed by atoms with Gasteiger partial charge in [-0.1, -0.05) is 25.5 Å². The molecule has 2 rings (SSSR count). The smallest absolute Gasteiger partial charge is 0.180 e. The van der Waals surface area contributed by atoms with Crippen molar-refractivity contribution in [3.63, 3.8) is 0 Å². The van der Waals surface area contributed by atoms with Crippen LogP contribution in [0.3, 0.4) is 0 Å². The molecule has 1 aliphatic rings. The van der Waals surface area contributed by atoms with Gasteiger partial charge in [0, 0.05) is 12.6 Å². The second kappa shape index (κ2) is 6.39. The van der Waals surface area contributed by atoms with E-state index < -0.39 is 9.84 Å². The van der Waals surface area contributed by atoms with Crippen molar-refractivity contribution in [1.29, 1.82) is 0 Å². The summed E-state index contributed by atoms with van der Waals surface area (Å²) in [5.74, 6) is 0.134. The van der Waals surface area contributed by atoms with Crippen LogP contribution in [-0.4, -0.2) is 33.3 Å². The number of nitrogens with one attached hydrogen (secondary N) is 2. The summed E-state index contributed by atoms with van der Waals surface area (Å²) in [5, 5.41) is 6.77. The van der Waals surface area contributed by atoms with Crippen LogP contribution in [0.1, 0.15) is 26.2 Å². The van der Waals surface area contributed by atoms with Gasteiger partial charge in [-0.05, 0) is 31.5 Å². The highest BCUT2D eigenvalue weighted by Gasteiger charge is 2.18. The molecule has 1 aromatic carbocycles. The van der Waals surface area contributed by atoms with Crippen LogP contribution in [0.4, 0.5) is 5.69 Å². The van der Waals surface area contributed by atoms with Crippen molar-refractivity contribution in [3.8, 4) is 0 Å². The number of anilines is 1. The fourth-order valence-corrected chi connectivity index (χ4v) is 3.43. The number of benzene rings is 1. The highest BCUT2D eigenvalue weighted by Crippen LogP contribution is 2.23. The Hall–Kier alpha value is -1.07. The molecule has 106 valence electrons. The van der Waals surface area contributed by atoms with Gasteiger partial charge in [-0.15, -0.1) is 0 Å². The molecule has 0 aromatic heterocycles. The molecule has 1 aromatic rings. The lowest BCUT2D eigenvalue weighted by Gasteiger charge is -2.20. The van der Waals surface area contributed by atoms with Gasteiger partial charge in [0.15, 0.2) is 9.84 Å². The molecule has 1 unspecified atom stereocenters. The predicted octanol–water partition coefficient (Wildman–Crippen LogP) is 2.03. The van der Waals surface area contributed by atoms with Crippen molar-refractivity contribution >= 4 is 15.5 Å². The maximum atomic E-state index is 12.1.